The molecule has 0 heterocycles. The van der Waals surface area contributed by atoms with Gasteiger partial charge in [0, 0.05) is 23.0 Å². The lowest BCUT2D eigenvalue weighted by atomic mass is 10.1. The third kappa shape index (κ3) is 4.17. The molecule has 1 fully saturated rings. The Morgan fingerprint density at radius 1 is 1.18 bits per heavy atom. The van der Waals surface area contributed by atoms with Crippen molar-refractivity contribution in [2.45, 2.75) is 24.6 Å². The fourth-order valence-corrected chi connectivity index (χ4v) is 3.27. The minimum absolute atomic E-state index is 0.167. The van der Waals surface area contributed by atoms with E-state index in [0.717, 1.165) is 29.9 Å². The zero-order valence-corrected chi connectivity index (χ0v) is 15.9. The smallest absolute Gasteiger partial charge is 0.269 e. The van der Waals surface area contributed by atoms with E-state index in [2.05, 4.69) is 23.8 Å². The number of alkyl halides is 3. The molecule has 0 aromatic heterocycles. The average Bonchev–Trinajstić information content (AvgIpc) is 3.26. The van der Waals surface area contributed by atoms with Gasteiger partial charge in [-0.15, -0.1) is 11.6 Å². The number of nitrogens with one attached hydrogen (secondary N) is 2. The predicted octanol–water partition coefficient (Wildman–Crippen LogP) is 6.93. The van der Waals surface area contributed by atoms with Crippen LogP contribution in [0.5, 0.6) is 0 Å². The van der Waals surface area contributed by atoms with Crippen molar-refractivity contribution in [3.8, 4) is 0 Å². The van der Waals surface area contributed by atoms with Crippen LogP contribution in [0.3, 0.4) is 0 Å². The lowest BCUT2D eigenvalue weighted by Gasteiger charge is -2.15. The second-order valence-corrected chi connectivity index (χ2v) is 7.86. The molecule has 0 saturated heterocycles. The number of benzene rings is 2. The summed E-state index contributed by atoms with van der Waals surface area (Å²) in [5.41, 5.74) is 0.855. The van der Waals surface area contributed by atoms with Crippen LogP contribution in [0.2, 0.25) is 0 Å². The van der Waals surface area contributed by atoms with Gasteiger partial charge in [-0.3, -0.25) is 0 Å². The van der Waals surface area contributed by atoms with E-state index in [4.69, 9.17) is 11.6 Å². The maximum Gasteiger partial charge on any atom is 0.269 e. The third-order valence-electron chi connectivity index (χ3n) is 4.74. The van der Waals surface area contributed by atoms with E-state index in [1.54, 1.807) is 18.2 Å². The lowest BCUT2D eigenvalue weighted by Crippen LogP contribution is -2.07. The first-order valence-electron chi connectivity index (χ1n) is 8.57. The van der Waals surface area contributed by atoms with Crippen molar-refractivity contribution in [2.75, 3.05) is 10.6 Å². The molecule has 0 aliphatic heterocycles. The van der Waals surface area contributed by atoms with Crippen LogP contribution < -0.4 is 10.6 Å². The van der Waals surface area contributed by atoms with Crippen LogP contribution in [-0.2, 0) is 0 Å². The Balaban J connectivity index is 1.75. The highest BCUT2D eigenvalue weighted by atomic mass is 35.5. The van der Waals surface area contributed by atoms with Gasteiger partial charge in [0.1, 0.15) is 5.82 Å². The summed E-state index contributed by atoms with van der Waals surface area (Å²) in [4.78, 5) is -0.282. The first kappa shape index (κ1) is 20.3. The van der Waals surface area contributed by atoms with Gasteiger partial charge in [0.25, 0.3) is 6.43 Å². The van der Waals surface area contributed by atoms with Gasteiger partial charge >= 0.3 is 0 Å². The molecule has 2 aromatic rings. The van der Waals surface area contributed by atoms with Crippen molar-refractivity contribution in [3.05, 3.63) is 78.0 Å². The van der Waals surface area contributed by atoms with E-state index in [0.29, 0.717) is 5.56 Å². The average molecular weight is 411 g/mol. The minimum atomic E-state index is -3.26. The van der Waals surface area contributed by atoms with Crippen LogP contribution >= 0.6 is 11.6 Å². The molecule has 7 heteroatoms. The van der Waals surface area contributed by atoms with Crippen molar-refractivity contribution in [2.24, 2.45) is 5.92 Å². The second-order valence-electron chi connectivity index (χ2n) is 6.99. The molecule has 1 aliphatic rings. The highest BCUT2D eigenvalue weighted by Gasteiger charge is 2.50. The van der Waals surface area contributed by atoms with E-state index in [1.165, 1.54) is 0 Å². The molecule has 0 amide bonds. The monoisotopic (exact) mass is 410 g/mol. The fourth-order valence-electron chi connectivity index (χ4n) is 2.98. The van der Waals surface area contributed by atoms with Gasteiger partial charge in [-0.05, 0) is 43.2 Å². The van der Waals surface area contributed by atoms with Crippen LogP contribution in [0.1, 0.15) is 30.9 Å². The third-order valence-corrected chi connectivity index (χ3v) is 5.15. The number of allylic oxidation sites excluding steroid dienone is 1. The molecule has 1 aliphatic carbocycles. The molecular formula is C21H19ClF4N2. The molecule has 3 rings (SSSR count). The molecule has 148 valence electrons. The van der Waals surface area contributed by atoms with Crippen LogP contribution in [-0.4, -0.2) is 4.87 Å². The zero-order valence-electron chi connectivity index (χ0n) is 15.1. The van der Waals surface area contributed by atoms with Gasteiger partial charge < -0.3 is 10.6 Å². The van der Waals surface area contributed by atoms with E-state index >= 15 is 0 Å². The summed E-state index contributed by atoms with van der Waals surface area (Å²) in [7, 11) is 0. The predicted molar refractivity (Wildman–Crippen MR) is 106 cm³/mol. The first-order valence-corrected chi connectivity index (χ1v) is 8.95. The van der Waals surface area contributed by atoms with Crippen molar-refractivity contribution in [1.29, 1.82) is 0 Å². The molecule has 0 bridgehead atoms. The summed E-state index contributed by atoms with van der Waals surface area (Å²) < 4.78 is 53.4. The normalized spacial score (nSPS) is 20.8. The van der Waals surface area contributed by atoms with Gasteiger partial charge in [-0.25, -0.2) is 17.6 Å². The Bertz CT molecular complexity index is 940. The highest BCUT2D eigenvalue weighted by molar-refractivity contribution is 6.26. The van der Waals surface area contributed by atoms with E-state index < -0.39 is 23.6 Å². The Morgan fingerprint density at radius 3 is 2.46 bits per heavy atom. The second kappa shape index (κ2) is 7.51. The van der Waals surface area contributed by atoms with Crippen molar-refractivity contribution >= 4 is 28.7 Å². The minimum Gasteiger partial charge on any atom is -0.359 e. The molecule has 2 N–H and O–H groups in total. The number of hydrogen-bond acceptors (Lipinski definition) is 2. The molecule has 0 spiro atoms. The summed E-state index contributed by atoms with van der Waals surface area (Å²) in [5, 5.41) is 5.83. The first-order chi connectivity index (χ1) is 13.1. The standard InChI is InChI=1S/C21H19ClF4N2/c1-11(28-17-8-7-16(23)18(19(17)24)20(25)26)13-5-4-6-14(9-13)27-12(2)15-10-21(15,3)22/h4-9,15,20,27-28H,1-2,10H2,3H3. The van der Waals surface area contributed by atoms with Crippen molar-refractivity contribution in [1.82, 2.24) is 0 Å². The van der Waals surface area contributed by atoms with Gasteiger partial charge in [-0.1, -0.05) is 25.3 Å². The lowest BCUT2D eigenvalue weighted by molar-refractivity contribution is 0.141. The van der Waals surface area contributed by atoms with Crippen molar-refractivity contribution in [3.63, 3.8) is 0 Å². The SMILES string of the molecule is C=C(Nc1ccc(F)c(C(F)F)c1F)c1cccc(NC(=C)C2CC2(C)Cl)c1. The van der Waals surface area contributed by atoms with Crippen LogP contribution in [0.25, 0.3) is 5.70 Å². The molecule has 2 aromatic carbocycles. The van der Waals surface area contributed by atoms with Crippen LogP contribution in [0.4, 0.5) is 28.9 Å². The largest absolute Gasteiger partial charge is 0.359 e. The zero-order chi connectivity index (χ0) is 20.6. The summed E-state index contributed by atoms with van der Waals surface area (Å²) in [6.45, 7) is 9.77. The molecular weight excluding hydrogens is 392 g/mol. The molecule has 2 unspecified atom stereocenters. The maximum absolute atomic E-state index is 14.2. The van der Waals surface area contributed by atoms with Gasteiger partial charge in [0.15, 0.2) is 5.82 Å². The van der Waals surface area contributed by atoms with Crippen LogP contribution in [0, 0.1) is 17.6 Å². The molecule has 0 radical (unpaired) electrons. The Morgan fingerprint density at radius 2 is 1.86 bits per heavy atom. The summed E-state index contributed by atoms with van der Waals surface area (Å²) in [5.74, 6) is -2.46. The van der Waals surface area contributed by atoms with Gasteiger partial charge in [-0.2, -0.15) is 0 Å². The van der Waals surface area contributed by atoms with Gasteiger partial charge in [0.05, 0.1) is 16.1 Å². The molecule has 2 nitrogen and oxygen atoms in total. The Hall–Kier alpha value is -2.47. The fraction of sp³-hybridized carbons (Fsp3) is 0.238. The van der Waals surface area contributed by atoms with Gasteiger partial charge in [0.2, 0.25) is 0 Å². The van der Waals surface area contributed by atoms with Crippen molar-refractivity contribution < 1.29 is 17.6 Å². The summed E-state index contributed by atoms with van der Waals surface area (Å²) >= 11 is 6.26. The number of anilines is 2. The van der Waals surface area contributed by atoms with Crippen LogP contribution in [0.15, 0.2) is 55.3 Å². The molecule has 1 saturated carbocycles. The number of rotatable bonds is 7. The number of halogens is 5. The Kier molecular flexibility index (Phi) is 5.44. The number of hydrogen-bond donors (Lipinski definition) is 2. The maximum atomic E-state index is 14.2. The molecule has 2 atom stereocenters. The highest BCUT2D eigenvalue weighted by Crippen LogP contribution is 2.52. The van der Waals surface area contributed by atoms with E-state index in [9.17, 15) is 17.6 Å². The topological polar surface area (TPSA) is 24.1 Å². The quantitative estimate of drug-likeness (QED) is 0.382. The summed E-state index contributed by atoms with van der Waals surface area (Å²) in [6, 6.07) is 8.91. The summed E-state index contributed by atoms with van der Waals surface area (Å²) in [6.07, 6.45) is -2.42. The Labute approximate surface area is 165 Å². The van der Waals surface area contributed by atoms with E-state index in [1.807, 2.05) is 13.0 Å². The van der Waals surface area contributed by atoms with E-state index in [-0.39, 0.29) is 22.2 Å². The molecule has 28 heavy (non-hydrogen) atoms.